The molecule has 0 radical (unpaired) electrons. The molecule has 25 heavy (non-hydrogen) atoms. The third-order valence-corrected chi connectivity index (χ3v) is 4.33. The summed E-state index contributed by atoms with van der Waals surface area (Å²) < 4.78 is 45.8. The van der Waals surface area contributed by atoms with Crippen LogP contribution in [0.3, 0.4) is 0 Å². The summed E-state index contributed by atoms with van der Waals surface area (Å²) >= 11 is 5.75. The molecule has 0 atom stereocenters. The second-order valence-corrected chi connectivity index (χ2v) is 7.00. The standard InChI is InChI=1S/C18H15ClF2N4/c1-18(2)5-10-6-22-16-11(12(10)7-24-18)3-9(4-13(16)20)15-14(21)8-23-17(19)25-15/h3-4,6,8,24H,5,7H2,1-2H3/i7D2. The van der Waals surface area contributed by atoms with Crippen LogP contribution < -0.4 is 5.32 Å². The van der Waals surface area contributed by atoms with Crippen LogP contribution in [0.5, 0.6) is 0 Å². The van der Waals surface area contributed by atoms with Crippen molar-refractivity contribution < 1.29 is 11.5 Å². The van der Waals surface area contributed by atoms with Gasteiger partial charge in [0, 0.05) is 31.9 Å². The predicted molar refractivity (Wildman–Crippen MR) is 92.3 cm³/mol. The molecule has 0 amide bonds. The molecule has 0 spiro atoms. The van der Waals surface area contributed by atoms with E-state index in [2.05, 4.69) is 20.3 Å². The Kier molecular flexibility index (Phi) is 3.19. The molecule has 1 N–H and O–H groups in total. The summed E-state index contributed by atoms with van der Waals surface area (Å²) in [4.78, 5) is 11.6. The first-order valence-corrected chi connectivity index (χ1v) is 8.04. The lowest BCUT2D eigenvalue weighted by Crippen LogP contribution is -2.44. The average molecular weight is 363 g/mol. The summed E-state index contributed by atoms with van der Waals surface area (Å²) in [6.07, 6.45) is 2.93. The third kappa shape index (κ3) is 2.85. The van der Waals surface area contributed by atoms with E-state index in [1.807, 2.05) is 13.8 Å². The van der Waals surface area contributed by atoms with Crippen molar-refractivity contribution in [3.63, 3.8) is 0 Å². The summed E-state index contributed by atoms with van der Waals surface area (Å²) in [6, 6.07) is 2.60. The summed E-state index contributed by atoms with van der Waals surface area (Å²) in [7, 11) is 0. The minimum atomic E-state index is -1.91. The van der Waals surface area contributed by atoms with Gasteiger partial charge in [-0.15, -0.1) is 0 Å². The summed E-state index contributed by atoms with van der Waals surface area (Å²) in [5.41, 5.74) is 0.482. The molecule has 0 bridgehead atoms. The highest BCUT2D eigenvalue weighted by Crippen LogP contribution is 2.33. The molecule has 0 fully saturated rings. The largest absolute Gasteiger partial charge is 0.307 e. The number of rotatable bonds is 1. The fraction of sp³-hybridized carbons (Fsp3) is 0.278. The number of nitrogens with one attached hydrogen (secondary N) is 1. The van der Waals surface area contributed by atoms with Crippen LogP contribution in [-0.2, 0) is 12.9 Å². The molecule has 1 aliphatic heterocycles. The van der Waals surface area contributed by atoms with Crippen LogP contribution >= 0.6 is 11.6 Å². The third-order valence-electron chi connectivity index (χ3n) is 4.15. The van der Waals surface area contributed by atoms with Gasteiger partial charge in [-0.1, -0.05) is 0 Å². The second kappa shape index (κ2) is 5.68. The van der Waals surface area contributed by atoms with Crippen LogP contribution in [-0.4, -0.2) is 20.5 Å². The quantitative estimate of drug-likeness (QED) is 0.663. The molecule has 3 aromatic rings. The molecule has 1 aliphatic rings. The van der Waals surface area contributed by atoms with Crippen LogP contribution in [0.1, 0.15) is 27.7 Å². The number of aromatic nitrogens is 3. The number of hydrogen-bond acceptors (Lipinski definition) is 4. The van der Waals surface area contributed by atoms with Crippen LogP contribution in [0.15, 0.2) is 24.5 Å². The van der Waals surface area contributed by atoms with E-state index in [9.17, 15) is 8.78 Å². The molecular weight excluding hydrogens is 346 g/mol. The van der Waals surface area contributed by atoms with Crippen LogP contribution in [0.25, 0.3) is 22.2 Å². The smallest absolute Gasteiger partial charge is 0.223 e. The molecule has 2 aromatic heterocycles. The first-order chi connectivity index (χ1) is 12.6. The Bertz CT molecular complexity index is 1090. The lowest BCUT2D eigenvalue weighted by Gasteiger charge is -2.33. The second-order valence-electron chi connectivity index (χ2n) is 6.66. The predicted octanol–water partition coefficient (Wildman–Crippen LogP) is 4.05. The minimum Gasteiger partial charge on any atom is -0.307 e. The minimum absolute atomic E-state index is 0.0171. The number of pyridine rings is 1. The van der Waals surface area contributed by atoms with Crippen LogP contribution in [0, 0.1) is 11.6 Å². The Morgan fingerprint density at radius 1 is 1.20 bits per heavy atom. The Hall–Kier alpha value is -2.18. The van der Waals surface area contributed by atoms with Gasteiger partial charge in [-0.05, 0) is 55.1 Å². The molecule has 0 aliphatic carbocycles. The van der Waals surface area contributed by atoms with Crippen molar-refractivity contribution in [1.82, 2.24) is 20.3 Å². The summed E-state index contributed by atoms with van der Waals surface area (Å²) in [5, 5.41) is 3.04. The number of hydrogen-bond donors (Lipinski definition) is 1. The lowest BCUT2D eigenvalue weighted by atomic mass is 9.87. The fourth-order valence-electron chi connectivity index (χ4n) is 3.02. The van der Waals surface area contributed by atoms with Gasteiger partial charge in [0.2, 0.25) is 5.28 Å². The van der Waals surface area contributed by atoms with Crippen molar-refractivity contribution >= 4 is 22.5 Å². The van der Waals surface area contributed by atoms with E-state index >= 15 is 0 Å². The lowest BCUT2D eigenvalue weighted by molar-refractivity contribution is 0.363. The maximum Gasteiger partial charge on any atom is 0.223 e. The van der Waals surface area contributed by atoms with Crippen molar-refractivity contribution in [1.29, 1.82) is 0 Å². The molecule has 3 heterocycles. The topological polar surface area (TPSA) is 50.7 Å². The Labute approximate surface area is 151 Å². The van der Waals surface area contributed by atoms with Crippen molar-refractivity contribution in [3.8, 4) is 11.3 Å². The number of benzene rings is 1. The SMILES string of the molecule is [2H]C1([2H])NC(C)(C)Cc2cnc3c(F)cc(-c4nc(Cl)ncc4F)cc3c21. The fourth-order valence-corrected chi connectivity index (χ4v) is 3.15. The summed E-state index contributed by atoms with van der Waals surface area (Å²) in [6.45, 7) is 1.85. The molecule has 0 unspecified atom stereocenters. The maximum atomic E-state index is 14.7. The normalized spacial score (nSPS) is 19.2. The van der Waals surface area contributed by atoms with Gasteiger partial charge in [-0.2, -0.15) is 0 Å². The molecular formula is C18H15ClF2N4. The van der Waals surface area contributed by atoms with Gasteiger partial charge in [0.05, 0.1) is 6.20 Å². The van der Waals surface area contributed by atoms with Gasteiger partial charge < -0.3 is 5.32 Å². The van der Waals surface area contributed by atoms with Crippen LogP contribution in [0.4, 0.5) is 8.78 Å². The van der Waals surface area contributed by atoms with Gasteiger partial charge >= 0.3 is 0 Å². The monoisotopic (exact) mass is 362 g/mol. The molecule has 0 saturated carbocycles. The maximum absolute atomic E-state index is 14.7. The zero-order chi connectivity index (χ0) is 19.6. The molecule has 4 rings (SSSR count). The zero-order valence-electron chi connectivity index (χ0n) is 15.5. The highest BCUT2D eigenvalue weighted by molar-refractivity contribution is 6.28. The number of fused-ring (bicyclic) bond motifs is 3. The van der Waals surface area contributed by atoms with E-state index in [-0.39, 0.29) is 27.4 Å². The Balaban J connectivity index is 2.04. The highest BCUT2D eigenvalue weighted by Gasteiger charge is 2.27. The van der Waals surface area contributed by atoms with Gasteiger partial charge in [0.15, 0.2) is 5.82 Å². The van der Waals surface area contributed by atoms with Crippen molar-refractivity contribution in [3.05, 3.63) is 52.6 Å². The van der Waals surface area contributed by atoms with E-state index in [0.717, 1.165) is 12.3 Å². The Morgan fingerprint density at radius 2 is 2.00 bits per heavy atom. The van der Waals surface area contributed by atoms with E-state index in [0.29, 0.717) is 17.5 Å². The molecule has 0 saturated heterocycles. The Morgan fingerprint density at radius 3 is 2.80 bits per heavy atom. The first kappa shape index (κ1) is 14.0. The van der Waals surface area contributed by atoms with Crippen LogP contribution in [0.2, 0.25) is 5.28 Å². The zero-order valence-corrected chi connectivity index (χ0v) is 14.2. The average Bonchev–Trinajstić information content (AvgIpc) is 2.54. The molecule has 7 heteroatoms. The number of nitrogens with zero attached hydrogens (tertiary/aromatic N) is 3. The van der Waals surface area contributed by atoms with Crippen molar-refractivity contribution in [2.24, 2.45) is 0 Å². The highest BCUT2D eigenvalue weighted by atomic mass is 35.5. The van der Waals surface area contributed by atoms with Gasteiger partial charge in [-0.25, -0.2) is 18.7 Å². The molecule has 4 nitrogen and oxygen atoms in total. The van der Waals surface area contributed by atoms with E-state index in [1.165, 1.54) is 12.3 Å². The van der Waals surface area contributed by atoms with Gasteiger partial charge in [-0.3, -0.25) is 4.98 Å². The van der Waals surface area contributed by atoms with E-state index in [4.69, 9.17) is 14.3 Å². The van der Waals surface area contributed by atoms with Gasteiger partial charge in [0.25, 0.3) is 0 Å². The molecule has 128 valence electrons. The van der Waals surface area contributed by atoms with E-state index < -0.39 is 23.7 Å². The van der Waals surface area contributed by atoms with Gasteiger partial charge in [0.1, 0.15) is 17.0 Å². The van der Waals surface area contributed by atoms with E-state index in [1.54, 1.807) is 0 Å². The first-order valence-electron chi connectivity index (χ1n) is 8.67. The number of halogens is 3. The van der Waals surface area contributed by atoms with Crippen molar-refractivity contribution in [2.45, 2.75) is 32.3 Å². The van der Waals surface area contributed by atoms with Crippen molar-refractivity contribution in [2.75, 3.05) is 0 Å². The summed E-state index contributed by atoms with van der Waals surface area (Å²) in [5.74, 6) is -1.45. The molecule has 1 aromatic carbocycles.